The molecule has 0 aliphatic heterocycles. The van der Waals surface area contributed by atoms with Gasteiger partial charge in [-0.25, -0.2) is 4.98 Å². The lowest BCUT2D eigenvalue weighted by atomic mass is 10.1. The first-order valence-corrected chi connectivity index (χ1v) is 7.35. The van der Waals surface area contributed by atoms with Gasteiger partial charge < -0.3 is 9.64 Å². The third kappa shape index (κ3) is 3.81. The molecule has 0 saturated heterocycles. The number of thiazole rings is 1. The van der Waals surface area contributed by atoms with Gasteiger partial charge in [0.05, 0.1) is 12.1 Å². The smallest absolute Gasteiger partial charge is 0.273 e. The van der Waals surface area contributed by atoms with E-state index in [1.807, 2.05) is 26.0 Å². The number of benzene rings is 1. The Morgan fingerprint density at radius 3 is 2.60 bits per heavy atom. The van der Waals surface area contributed by atoms with Crippen LogP contribution >= 0.6 is 11.3 Å². The van der Waals surface area contributed by atoms with Crippen LogP contribution in [0.2, 0.25) is 0 Å². The van der Waals surface area contributed by atoms with Crippen molar-refractivity contribution in [3.05, 3.63) is 45.9 Å². The van der Waals surface area contributed by atoms with E-state index in [0.717, 1.165) is 5.75 Å². The Hall–Kier alpha value is -1.88. The Morgan fingerprint density at radius 1 is 1.30 bits per heavy atom. The normalized spacial score (nSPS) is 10.3. The van der Waals surface area contributed by atoms with Crippen LogP contribution < -0.4 is 4.74 Å². The summed E-state index contributed by atoms with van der Waals surface area (Å²) in [6, 6.07) is 6.09. The van der Waals surface area contributed by atoms with Gasteiger partial charge in [0, 0.05) is 12.4 Å². The van der Waals surface area contributed by atoms with Crippen LogP contribution in [-0.2, 0) is 0 Å². The van der Waals surface area contributed by atoms with Crippen molar-refractivity contribution in [1.29, 1.82) is 0 Å². The van der Waals surface area contributed by atoms with Crippen molar-refractivity contribution in [2.75, 3.05) is 20.2 Å². The van der Waals surface area contributed by atoms with E-state index in [2.05, 4.69) is 11.1 Å². The number of amides is 1. The molecule has 2 rings (SSSR count). The van der Waals surface area contributed by atoms with Gasteiger partial charge in [-0.3, -0.25) is 4.79 Å². The largest absolute Gasteiger partial charge is 0.492 e. The van der Waals surface area contributed by atoms with E-state index in [1.165, 1.54) is 22.5 Å². The van der Waals surface area contributed by atoms with Gasteiger partial charge in [0.2, 0.25) is 0 Å². The SMILES string of the molecule is Cc1cc(C)cc(OCCN(C)C(=O)c2cscn2)c1. The monoisotopic (exact) mass is 290 g/mol. The van der Waals surface area contributed by atoms with Crippen molar-refractivity contribution in [2.45, 2.75) is 13.8 Å². The fourth-order valence-corrected chi connectivity index (χ4v) is 2.46. The van der Waals surface area contributed by atoms with Crippen LogP contribution in [0.1, 0.15) is 21.6 Å². The number of aryl methyl sites for hydroxylation is 2. The topological polar surface area (TPSA) is 42.4 Å². The van der Waals surface area contributed by atoms with Crippen LogP contribution in [-0.4, -0.2) is 36.0 Å². The Balaban J connectivity index is 1.85. The van der Waals surface area contributed by atoms with Gasteiger partial charge in [0.15, 0.2) is 0 Å². The van der Waals surface area contributed by atoms with Crippen molar-refractivity contribution in [3.8, 4) is 5.75 Å². The highest BCUT2D eigenvalue weighted by Crippen LogP contribution is 2.16. The third-order valence-corrected chi connectivity index (χ3v) is 3.48. The molecule has 1 heterocycles. The summed E-state index contributed by atoms with van der Waals surface area (Å²) in [5.74, 6) is 0.771. The molecule has 5 heteroatoms. The summed E-state index contributed by atoms with van der Waals surface area (Å²) < 4.78 is 5.69. The van der Waals surface area contributed by atoms with Crippen LogP contribution in [0.25, 0.3) is 0 Å². The fraction of sp³-hybridized carbons (Fsp3) is 0.333. The highest BCUT2D eigenvalue weighted by Gasteiger charge is 2.13. The molecule has 0 saturated carbocycles. The van der Waals surface area contributed by atoms with E-state index >= 15 is 0 Å². The maximum Gasteiger partial charge on any atom is 0.273 e. The molecule has 0 bridgehead atoms. The number of carbonyl (C=O) groups excluding carboxylic acids is 1. The second-order valence-electron chi connectivity index (χ2n) is 4.77. The summed E-state index contributed by atoms with van der Waals surface area (Å²) in [6.07, 6.45) is 0. The molecule has 0 N–H and O–H groups in total. The molecule has 0 aliphatic carbocycles. The van der Waals surface area contributed by atoms with Crippen molar-refractivity contribution in [1.82, 2.24) is 9.88 Å². The lowest BCUT2D eigenvalue weighted by molar-refractivity contribution is 0.0769. The molecule has 2 aromatic rings. The van der Waals surface area contributed by atoms with Crippen LogP contribution in [0.4, 0.5) is 0 Å². The van der Waals surface area contributed by atoms with Gasteiger partial charge in [-0.15, -0.1) is 11.3 Å². The van der Waals surface area contributed by atoms with E-state index in [1.54, 1.807) is 22.8 Å². The Morgan fingerprint density at radius 2 is 2.00 bits per heavy atom. The average Bonchev–Trinajstić information content (AvgIpc) is 2.90. The zero-order valence-corrected chi connectivity index (χ0v) is 12.7. The minimum Gasteiger partial charge on any atom is -0.492 e. The summed E-state index contributed by atoms with van der Waals surface area (Å²) >= 11 is 1.42. The van der Waals surface area contributed by atoms with E-state index in [-0.39, 0.29) is 5.91 Å². The minimum absolute atomic E-state index is 0.0738. The Labute approximate surface area is 123 Å². The number of hydrogen-bond acceptors (Lipinski definition) is 4. The van der Waals surface area contributed by atoms with Gasteiger partial charge >= 0.3 is 0 Å². The molecule has 0 aliphatic rings. The van der Waals surface area contributed by atoms with Crippen LogP contribution in [0.15, 0.2) is 29.1 Å². The predicted octanol–water partition coefficient (Wildman–Crippen LogP) is 2.91. The van der Waals surface area contributed by atoms with Gasteiger partial charge in [-0.2, -0.15) is 0 Å². The molecule has 0 fully saturated rings. The molecule has 1 aromatic heterocycles. The molecule has 0 atom stereocenters. The van der Waals surface area contributed by atoms with Crippen molar-refractivity contribution in [2.24, 2.45) is 0 Å². The minimum atomic E-state index is -0.0738. The number of hydrogen-bond donors (Lipinski definition) is 0. The van der Waals surface area contributed by atoms with Crippen LogP contribution in [0, 0.1) is 13.8 Å². The summed E-state index contributed by atoms with van der Waals surface area (Å²) in [5.41, 5.74) is 4.50. The van der Waals surface area contributed by atoms with Gasteiger partial charge in [0.25, 0.3) is 5.91 Å². The summed E-state index contributed by atoms with van der Waals surface area (Å²) in [4.78, 5) is 17.6. The molecule has 106 valence electrons. The molecule has 0 spiro atoms. The second-order valence-corrected chi connectivity index (χ2v) is 5.49. The number of rotatable bonds is 5. The van der Waals surface area contributed by atoms with E-state index < -0.39 is 0 Å². The maximum absolute atomic E-state index is 12.0. The standard InChI is InChI=1S/C15H18N2O2S/c1-11-6-12(2)8-13(7-11)19-5-4-17(3)15(18)14-9-20-10-16-14/h6-10H,4-5H2,1-3H3. The van der Waals surface area contributed by atoms with Crippen molar-refractivity contribution in [3.63, 3.8) is 0 Å². The summed E-state index contributed by atoms with van der Waals surface area (Å²) in [7, 11) is 1.76. The summed E-state index contributed by atoms with van der Waals surface area (Å²) in [5, 5.41) is 1.75. The van der Waals surface area contributed by atoms with E-state index in [4.69, 9.17) is 4.74 Å². The van der Waals surface area contributed by atoms with Gasteiger partial charge in [0.1, 0.15) is 18.1 Å². The Kier molecular flexibility index (Phi) is 4.74. The average molecular weight is 290 g/mol. The third-order valence-electron chi connectivity index (χ3n) is 2.89. The zero-order valence-electron chi connectivity index (χ0n) is 11.9. The van der Waals surface area contributed by atoms with E-state index in [0.29, 0.717) is 18.8 Å². The number of aromatic nitrogens is 1. The molecule has 20 heavy (non-hydrogen) atoms. The number of ether oxygens (including phenoxy) is 1. The second kappa shape index (κ2) is 6.52. The molecular weight excluding hydrogens is 272 g/mol. The number of likely N-dealkylation sites (N-methyl/N-ethyl adjacent to an activating group) is 1. The Bertz CT molecular complexity index is 561. The number of nitrogens with zero attached hydrogens (tertiary/aromatic N) is 2. The molecular formula is C15H18N2O2S. The lowest BCUT2D eigenvalue weighted by Gasteiger charge is -2.16. The number of carbonyl (C=O) groups is 1. The maximum atomic E-state index is 12.0. The zero-order chi connectivity index (χ0) is 14.5. The first kappa shape index (κ1) is 14.5. The highest BCUT2D eigenvalue weighted by molar-refractivity contribution is 7.07. The molecule has 0 unspecified atom stereocenters. The van der Waals surface area contributed by atoms with Crippen molar-refractivity contribution >= 4 is 17.2 Å². The lowest BCUT2D eigenvalue weighted by Crippen LogP contribution is -2.31. The molecule has 1 aromatic carbocycles. The fourth-order valence-electron chi connectivity index (χ4n) is 1.93. The van der Waals surface area contributed by atoms with E-state index in [9.17, 15) is 4.79 Å². The summed E-state index contributed by atoms with van der Waals surface area (Å²) in [6.45, 7) is 5.08. The first-order chi connectivity index (χ1) is 9.56. The first-order valence-electron chi connectivity index (χ1n) is 6.41. The molecule has 1 amide bonds. The van der Waals surface area contributed by atoms with Gasteiger partial charge in [-0.05, 0) is 37.1 Å². The van der Waals surface area contributed by atoms with Crippen LogP contribution in [0.3, 0.4) is 0 Å². The highest BCUT2D eigenvalue weighted by atomic mass is 32.1. The molecule has 0 radical (unpaired) electrons. The molecule has 4 nitrogen and oxygen atoms in total. The predicted molar refractivity (Wildman–Crippen MR) is 80.5 cm³/mol. The van der Waals surface area contributed by atoms with Crippen LogP contribution in [0.5, 0.6) is 5.75 Å². The van der Waals surface area contributed by atoms with Crippen molar-refractivity contribution < 1.29 is 9.53 Å². The quantitative estimate of drug-likeness (QED) is 0.850. The van der Waals surface area contributed by atoms with Gasteiger partial charge in [-0.1, -0.05) is 6.07 Å².